The topological polar surface area (TPSA) is 98.5 Å². The molecule has 0 heterocycles. The van der Waals surface area contributed by atoms with Crippen LogP contribution in [0.2, 0.25) is 0 Å². The molecule has 0 saturated carbocycles. The molecule has 1 N–H and O–H groups in total. The summed E-state index contributed by atoms with van der Waals surface area (Å²) >= 11 is 0. The number of nitro benzene ring substituents is 1. The Labute approximate surface area is 136 Å². The third kappa shape index (κ3) is 4.60. The maximum absolute atomic E-state index is 13.4. The fourth-order valence-corrected chi connectivity index (χ4v) is 1.92. The number of hydrogen-bond donors (Lipinski definition) is 1. The van der Waals surface area contributed by atoms with Crippen molar-refractivity contribution in [3.63, 3.8) is 0 Å². The van der Waals surface area contributed by atoms with Crippen LogP contribution in [0, 0.1) is 15.9 Å². The zero-order chi connectivity index (χ0) is 17.5. The van der Waals surface area contributed by atoms with Crippen LogP contribution in [0.4, 0.5) is 15.8 Å². The second kappa shape index (κ2) is 7.82. The van der Waals surface area contributed by atoms with Gasteiger partial charge in [0.1, 0.15) is 11.5 Å². The molecule has 24 heavy (non-hydrogen) atoms. The molecule has 0 aliphatic carbocycles. The average molecular weight is 332 g/mol. The Hall–Kier alpha value is -3.29. The van der Waals surface area contributed by atoms with Gasteiger partial charge in [-0.2, -0.15) is 0 Å². The van der Waals surface area contributed by atoms with Gasteiger partial charge in [0.25, 0.3) is 11.6 Å². The molecule has 0 bridgehead atoms. The highest BCUT2D eigenvalue weighted by molar-refractivity contribution is 5.94. The Morgan fingerprint density at radius 3 is 2.50 bits per heavy atom. The fraction of sp³-hybridized carbons (Fsp3) is 0.125. The van der Waals surface area contributed by atoms with E-state index >= 15 is 0 Å². The number of ether oxygens (including phenoxy) is 1. The normalized spacial score (nSPS) is 10.0. The number of anilines is 1. The zero-order valence-corrected chi connectivity index (χ0v) is 12.4. The molecular formula is C16H13FN2O5. The standard InChI is InChI=1S/C16H13FN2O5/c17-12-6-2-1-5-11(12)9-16(21)24-10-15(20)18-13-7-3-4-8-14(13)19(22)23/h1-8H,9-10H2,(H,18,20). The van der Waals surface area contributed by atoms with Gasteiger partial charge in [-0.3, -0.25) is 19.7 Å². The monoisotopic (exact) mass is 332 g/mol. The van der Waals surface area contributed by atoms with E-state index < -0.39 is 29.2 Å². The van der Waals surface area contributed by atoms with Gasteiger partial charge in [0.15, 0.2) is 6.61 Å². The van der Waals surface area contributed by atoms with Crippen LogP contribution in [0.25, 0.3) is 0 Å². The first-order valence-corrected chi connectivity index (χ1v) is 6.89. The third-order valence-corrected chi connectivity index (χ3v) is 3.03. The lowest BCUT2D eigenvalue weighted by Crippen LogP contribution is -2.22. The predicted octanol–water partition coefficient (Wildman–Crippen LogP) is 2.46. The molecule has 124 valence electrons. The van der Waals surface area contributed by atoms with Gasteiger partial charge in [0, 0.05) is 6.07 Å². The van der Waals surface area contributed by atoms with E-state index in [0.29, 0.717) is 0 Å². The number of amides is 1. The van der Waals surface area contributed by atoms with E-state index in [-0.39, 0.29) is 23.4 Å². The van der Waals surface area contributed by atoms with Crippen LogP contribution in [-0.4, -0.2) is 23.4 Å². The first-order valence-electron chi connectivity index (χ1n) is 6.89. The van der Waals surface area contributed by atoms with E-state index in [0.717, 1.165) is 0 Å². The average Bonchev–Trinajstić information content (AvgIpc) is 2.55. The molecule has 2 rings (SSSR count). The number of carbonyl (C=O) groups is 2. The number of rotatable bonds is 6. The highest BCUT2D eigenvalue weighted by Gasteiger charge is 2.16. The molecule has 0 aliphatic rings. The minimum atomic E-state index is -0.780. The third-order valence-electron chi connectivity index (χ3n) is 3.03. The number of nitrogens with one attached hydrogen (secondary N) is 1. The van der Waals surface area contributed by atoms with Crippen LogP contribution in [0.5, 0.6) is 0 Å². The summed E-state index contributed by atoms with van der Waals surface area (Å²) in [6.07, 6.45) is -0.314. The minimum Gasteiger partial charge on any atom is -0.455 e. The second-order valence-electron chi connectivity index (χ2n) is 4.75. The molecule has 0 spiro atoms. The van der Waals surface area contributed by atoms with Gasteiger partial charge in [-0.1, -0.05) is 30.3 Å². The van der Waals surface area contributed by atoms with E-state index in [2.05, 4.69) is 5.32 Å². The minimum absolute atomic E-state index is 0.00217. The lowest BCUT2D eigenvalue weighted by molar-refractivity contribution is -0.383. The maximum Gasteiger partial charge on any atom is 0.310 e. The van der Waals surface area contributed by atoms with Crippen LogP contribution in [0.1, 0.15) is 5.56 Å². The summed E-state index contributed by atoms with van der Waals surface area (Å²) in [4.78, 5) is 33.5. The highest BCUT2D eigenvalue weighted by atomic mass is 19.1. The van der Waals surface area contributed by atoms with Gasteiger partial charge >= 0.3 is 5.97 Å². The Morgan fingerprint density at radius 2 is 1.79 bits per heavy atom. The smallest absolute Gasteiger partial charge is 0.310 e. The van der Waals surface area contributed by atoms with Crippen molar-refractivity contribution in [2.45, 2.75) is 6.42 Å². The molecule has 8 heteroatoms. The summed E-state index contributed by atoms with van der Waals surface area (Å²) in [6, 6.07) is 11.3. The molecule has 0 saturated heterocycles. The number of hydrogen-bond acceptors (Lipinski definition) is 5. The van der Waals surface area contributed by atoms with Crippen molar-refractivity contribution in [3.8, 4) is 0 Å². The highest BCUT2D eigenvalue weighted by Crippen LogP contribution is 2.22. The summed E-state index contributed by atoms with van der Waals surface area (Å²) in [5.41, 5.74) is -0.122. The molecule has 2 aromatic carbocycles. The van der Waals surface area contributed by atoms with E-state index in [1.165, 1.54) is 42.5 Å². The molecule has 0 atom stereocenters. The SMILES string of the molecule is O=C(COC(=O)Cc1ccccc1F)Nc1ccccc1[N+](=O)[O-]. The van der Waals surface area contributed by atoms with Gasteiger partial charge in [-0.15, -0.1) is 0 Å². The Bertz CT molecular complexity index is 779. The molecule has 0 fully saturated rings. The van der Waals surface area contributed by atoms with Crippen molar-refractivity contribution in [3.05, 3.63) is 70.0 Å². The van der Waals surface area contributed by atoms with Gasteiger partial charge in [0.05, 0.1) is 11.3 Å². The van der Waals surface area contributed by atoms with Crippen molar-refractivity contribution in [2.24, 2.45) is 0 Å². The molecule has 0 unspecified atom stereocenters. The summed E-state index contributed by atoms with van der Waals surface area (Å²) in [7, 11) is 0. The van der Waals surface area contributed by atoms with E-state index in [1.807, 2.05) is 0 Å². The summed E-state index contributed by atoms with van der Waals surface area (Å²) < 4.78 is 18.2. The predicted molar refractivity (Wildman–Crippen MR) is 82.8 cm³/mol. The van der Waals surface area contributed by atoms with Gasteiger partial charge < -0.3 is 10.1 Å². The number of halogens is 1. The van der Waals surface area contributed by atoms with E-state index in [1.54, 1.807) is 6.07 Å². The van der Waals surface area contributed by atoms with Crippen LogP contribution >= 0.6 is 0 Å². The number of nitro groups is 1. The van der Waals surface area contributed by atoms with Gasteiger partial charge in [0.2, 0.25) is 0 Å². The number of esters is 1. The molecule has 0 aromatic heterocycles. The number of nitrogens with zero attached hydrogens (tertiary/aromatic N) is 1. The zero-order valence-electron chi connectivity index (χ0n) is 12.4. The Kier molecular flexibility index (Phi) is 5.56. The summed E-state index contributed by atoms with van der Waals surface area (Å²) in [5, 5.41) is 13.1. The lowest BCUT2D eigenvalue weighted by Gasteiger charge is -2.07. The van der Waals surface area contributed by atoms with E-state index in [4.69, 9.17) is 4.74 Å². The summed E-state index contributed by atoms with van der Waals surface area (Å²) in [5.74, 6) is -2.05. The van der Waals surface area contributed by atoms with Crippen molar-refractivity contribution in [1.82, 2.24) is 0 Å². The molecule has 0 aliphatic heterocycles. The maximum atomic E-state index is 13.4. The van der Waals surface area contributed by atoms with Crippen molar-refractivity contribution in [1.29, 1.82) is 0 Å². The quantitative estimate of drug-likeness (QED) is 0.498. The van der Waals surface area contributed by atoms with Crippen LogP contribution in [0.15, 0.2) is 48.5 Å². The summed E-state index contributed by atoms with van der Waals surface area (Å²) in [6.45, 7) is -0.626. The molecule has 2 aromatic rings. The van der Waals surface area contributed by atoms with Crippen LogP contribution < -0.4 is 5.32 Å². The molecule has 1 amide bonds. The first kappa shape index (κ1) is 17.1. The van der Waals surface area contributed by atoms with E-state index in [9.17, 15) is 24.1 Å². The first-order chi connectivity index (χ1) is 11.5. The largest absolute Gasteiger partial charge is 0.455 e. The fourth-order valence-electron chi connectivity index (χ4n) is 1.92. The number of para-hydroxylation sites is 2. The lowest BCUT2D eigenvalue weighted by atomic mass is 10.1. The number of carbonyl (C=O) groups excluding carboxylic acids is 2. The molecule has 0 radical (unpaired) electrons. The van der Waals surface area contributed by atoms with Crippen molar-refractivity contribution >= 4 is 23.3 Å². The van der Waals surface area contributed by atoms with Crippen molar-refractivity contribution < 1.29 is 23.6 Å². The van der Waals surface area contributed by atoms with Gasteiger partial charge in [-0.25, -0.2) is 4.39 Å². The van der Waals surface area contributed by atoms with Crippen LogP contribution in [-0.2, 0) is 20.7 Å². The van der Waals surface area contributed by atoms with Crippen LogP contribution in [0.3, 0.4) is 0 Å². The molecule has 7 nitrogen and oxygen atoms in total. The Morgan fingerprint density at radius 1 is 1.12 bits per heavy atom. The second-order valence-corrected chi connectivity index (χ2v) is 4.75. The number of benzene rings is 2. The van der Waals surface area contributed by atoms with Crippen molar-refractivity contribution in [2.75, 3.05) is 11.9 Å². The molecular weight excluding hydrogens is 319 g/mol. The van der Waals surface area contributed by atoms with Gasteiger partial charge in [-0.05, 0) is 17.7 Å². The Balaban J connectivity index is 1.89.